The van der Waals surface area contributed by atoms with E-state index in [9.17, 15) is 9.00 Å². The Hall–Kier alpha value is -0.620. The van der Waals surface area contributed by atoms with E-state index in [1.54, 1.807) is 24.5 Å². The van der Waals surface area contributed by atoms with E-state index in [-0.39, 0.29) is 12.5 Å². The van der Waals surface area contributed by atoms with Crippen LogP contribution in [0.5, 0.6) is 0 Å². The van der Waals surface area contributed by atoms with E-state index >= 15 is 0 Å². The number of hydrogen-bond acceptors (Lipinski definition) is 3. The minimum atomic E-state index is -0.793. The Labute approximate surface area is 125 Å². The molecule has 1 aromatic rings. The molecule has 0 heterocycles. The second-order valence-corrected chi connectivity index (χ2v) is 6.32. The molecule has 1 unspecified atom stereocenters. The van der Waals surface area contributed by atoms with Gasteiger partial charge in [0.25, 0.3) is 0 Å². The van der Waals surface area contributed by atoms with Crippen molar-refractivity contribution in [3.8, 4) is 0 Å². The lowest BCUT2D eigenvalue weighted by Crippen LogP contribution is -2.29. The molecule has 1 atom stereocenters. The van der Waals surface area contributed by atoms with E-state index in [2.05, 4.69) is 10.6 Å². The van der Waals surface area contributed by atoms with Gasteiger partial charge in [0.1, 0.15) is 0 Å². The Morgan fingerprint density at radius 1 is 1.32 bits per heavy atom. The van der Waals surface area contributed by atoms with Crippen LogP contribution in [0.3, 0.4) is 0 Å². The maximum atomic E-state index is 11.7. The molecule has 4 nitrogen and oxygen atoms in total. The van der Waals surface area contributed by atoms with Gasteiger partial charge in [0.05, 0.1) is 22.3 Å². The first kappa shape index (κ1) is 16.4. The molecule has 19 heavy (non-hydrogen) atoms. The molecule has 0 saturated carbocycles. The van der Waals surface area contributed by atoms with E-state index in [1.807, 2.05) is 0 Å². The van der Waals surface area contributed by atoms with Crippen LogP contribution in [-0.2, 0) is 15.6 Å². The number of nitrogens with one attached hydrogen (secondary N) is 2. The Morgan fingerprint density at radius 2 is 1.95 bits per heavy atom. The standard InChI is InChI=1S/C12H16Cl2N2O2S/c1-19(18)7-3-6-15-8-11(17)16-12-9(13)4-2-5-10(12)14/h2,4-5,15H,3,6-8H2,1H3,(H,16,17). The van der Waals surface area contributed by atoms with Crippen LogP contribution in [0.2, 0.25) is 10.0 Å². The molecule has 0 bridgehead atoms. The zero-order valence-corrected chi connectivity index (χ0v) is 12.9. The molecule has 0 aromatic heterocycles. The topological polar surface area (TPSA) is 58.2 Å². The first-order valence-electron chi connectivity index (χ1n) is 5.75. The lowest BCUT2D eigenvalue weighted by Gasteiger charge is -2.09. The Balaban J connectivity index is 2.33. The third-order valence-corrected chi connectivity index (χ3v) is 3.79. The second kappa shape index (κ2) is 8.53. The van der Waals surface area contributed by atoms with Gasteiger partial charge in [0.15, 0.2) is 0 Å². The molecule has 0 fully saturated rings. The Kier molecular flexibility index (Phi) is 7.38. The highest BCUT2D eigenvalue weighted by Gasteiger charge is 2.08. The number of anilines is 1. The monoisotopic (exact) mass is 322 g/mol. The number of halogens is 2. The molecular weight excluding hydrogens is 307 g/mol. The van der Waals surface area contributed by atoms with Crippen molar-refractivity contribution in [3.63, 3.8) is 0 Å². The van der Waals surface area contributed by atoms with E-state index < -0.39 is 10.8 Å². The summed E-state index contributed by atoms with van der Waals surface area (Å²) in [4.78, 5) is 11.7. The van der Waals surface area contributed by atoms with Crippen molar-refractivity contribution in [2.45, 2.75) is 6.42 Å². The van der Waals surface area contributed by atoms with Gasteiger partial charge in [-0.1, -0.05) is 29.3 Å². The predicted molar refractivity (Wildman–Crippen MR) is 81.5 cm³/mol. The molecule has 2 N–H and O–H groups in total. The van der Waals surface area contributed by atoms with Crippen LogP contribution in [-0.4, -0.2) is 35.2 Å². The van der Waals surface area contributed by atoms with Crippen LogP contribution < -0.4 is 10.6 Å². The van der Waals surface area contributed by atoms with Crippen molar-refractivity contribution in [2.24, 2.45) is 0 Å². The van der Waals surface area contributed by atoms with Gasteiger partial charge < -0.3 is 10.6 Å². The number of benzene rings is 1. The van der Waals surface area contributed by atoms with Crippen molar-refractivity contribution >= 4 is 45.6 Å². The predicted octanol–water partition coefficient (Wildman–Crippen LogP) is 2.29. The van der Waals surface area contributed by atoms with Gasteiger partial charge in [-0.05, 0) is 25.1 Å². The van der Waals surface area contributed by atoms with Gasteiger partial charge >= 0.3 is 0 Å². The third-order valence-electron chi connectivity index (χ3n) is 2.30. The van der Waals surface area contributed by atoms with E-state index in [4.69, 9.17) is 23.2 Å². The van der Waals surface area contributed by atoms with E-state index in [0.717, 1.165) is 6.42 Å². The lowest BCUT2D eigenvalue weighted by atomic mass is 10.3. The van der Waals surface area contributed by atoms with Gasteiger partial charge in [-0.3, -0.25) is 9.00 Å². The summed E-state index contributed by atoms with van der Waals surface area (Å²) >= 11 is 11.9. The van der Waals surface area contributed by atoms with Gasteiger partial charge in [-0.2, -0.15) is 0 Å². The van der Waals surface area contributed by atoms with Crippen molar-refractivity contribution in [2.75, 3.05) is 30.4 Å². The Bertz CT molecular complexity index is 449. The zero-order valence-electron chi connectivity index (χ0n) is 10.5. The minimum Gasteiger partial charge on any atom is -0.322 e. The number of carbonyl (C=O) groups is 1. The van der Waals surface area contributed by atoms with Crippen LogP contribution in [0.15, 0.2) is 18.2 Å². The zero-order chi connectivity index (χ0) is 14.3. The molecule has 1 aromatic carbocycles. The van der Waals surface area contributed by atoms with Crippen molar-refractivity contribution in [3.05, 3.63) is 28.2 Å². The first-order valence-corrected chi connectivity index (χ1v) is 8.23. The smallest absolute Gasteiger partial charge is 0.238 e. The minimum absolute atomic E-state index is 0.165. The average Bonchev–Trinajstić information content (AvgIpc) is 2.33. The lowest BCUT2D eigenvalue weighted by molar-refractivity contribution is -0.115. The highest BCUT2D eigenvalue weighted by molar-refractivity contribution is 7.84. The van der Waals surface area contributed by atoms with Gasteiger partial charge in [-0.25, -0.2) is 0 Å². The SMILES string of the molecule is CS(=O)CCCNCC(=O)Nc1c(Cl)cccc1Cl. The summed E-state index contributed by atoms with van der Waals surface area (Å²) in [5.41, 5.74) is 0.423. The fourth-order valence-corrected chi connectivity index (χ4v) is 2.45. The molecule has 7 heteroatoms. The van der Waals surface area contributed by atoms with Gasteiger partial charge in [-0.15, -0.1) is 0 Å². The summed E-state index contributed by atoms with van der Waals surface area (Å²) in [7, 11) is -0.793. The quantitative estimate of drug-likeness (QED) is 0.757. The van der Waals surface area contributed by atoms with Crippen LogP contribution in [0.1, 0.15) is 6.42 Å². The molecule has 0 radical (unpaired) electrons. The molecule has 0 aliphatic rings. The first-order chi connectivity index (χ1) is 9.00. The third kappa shape index (κ3) is 6.38. The maximum Gasteiger partial charge on any atom is 0.238 e. The van der Waals surface area contributed by atoms with E-state index in [0.29, 0.717) is 28.0 Å². The normalized spacial score (nSPS) is 12.2. The molecule has 106 valence electrons. The summed E-state index contributed by atoms with van der Waals surface area (Å²) < 4.78 is 10.8. The Morgan fingerprint density at radius 3 is 2.53 bits per heavy atom. The fourth-order valence-electron chi connectivity index (χ4n) is 1.40. The van der Waals surface area contributed by atoms with Crippen molar-refractivity contribution < 1.29 is 9.00 Å². The molecule has 0 aliphatic heterocycles. The van der Waals surface area contributed by atoms with Crippen LogP contribution in [0, 0.1) is 0 Å². The van der Waals surface area contributed by atoms with Crippen LogP contribution in [0.25, 0.3) is 0 Å². The largest absolute Gasteiger partial charge is 0.322 e. The number of para-hydroxylation sites is 1. The number of hydrogen-bond donors (Lipinski definition) is 2. The molecule has 0 spiro atoms. The summed E-state index contributed by atoms with van der Waals surface area (Å²) in [5, 5.41) is 6.43. The summed E-state index contributed by atoms with van der Waals surface area (Å²) in [6.45, 7) is 0.807. The molecular formula is C12H16Cl2N2O2S. The second-order valence-electron chi connectivity index (χ2n) is 3.95. The van der Waals surface area contributed by atoms with E-state index in [1.165, 1.54) is 0 Å². The molecule has 1 amide bonds. The summed E-state index contributed by atoms with van der Waals surface area (Å²) in [6, 6.07) is 5.03. The molecule has 0 aliphatic carbocycles. The molecule has 1 rings (SSSR count). The van der Waals surface area contributed by atoms with Gasteiger partial charge in [0.2, 0.25) is 5.91 Å². The fraction of sp³-hybridized carbons (Fsp3) is 0.417. The van der Waals surface area contributed by atoms with Gasteiger partial charge in [0, 0.05) is 22.8 Å². The van der Waals surface area contributed by atoms with Crippen LogP contribution in [0.4, 0.5) is 5.69 Å². The maximum absolute atomic E-state index is 11.7. The number of carbonyl (C=O) groups excluding carboxylic acids is 1. The summed E-state index contributed by atoms with van der Waals surface area (Å²) in [5.74, 6) is 0.415. The highest BCUT2D eigenvalue weighted by atomic mass is 35.5. The number of rotatable bonds is 7. The van der Waals surface area contributed by atoms with Crippen molar-refractivity contribution in [1.82, 2.24) is 5.32 Å². The summed E-state index contributed by atoms with van der Waals surface area (Å²) in [6.07, 6.45) is 2.43. The van der Waals surface area contributed by atoms with Crippen molar-refractivity contribution in [1.29, 1.82) is 0 Å². The molecule has 0 saturated heterocycles. The highest BCUT2D eigenvalue weighted by Crippen LogP contribution is 2.29. The van der Waals surface area contributed by atoms with Crippen LogP contribution >= 0.6 is 23.2 Å². The average molecular weight is 323 g/mol. The number of amides is 1.